The van der Waals surface area contributed by atoms with Crippen LogP contribution in [0, 0.1) is 12.7 Å². The number of aliphatic hydroxyl groups excluding tert-OH is 1. The lowest BCUT2D eigenvalue weighted by Gasteiger charge is -2.26. The van der Waals surface area contributed by atoms with Crippen LogP contribution < -0.4 is 4.74 Å². The van der Waals surface area contributed by atoms with E-state index in [0.29, 0.717) is 18.8 Å². The number of nitrogens with zero attached hydrogens (tertiary/aromatic N) is 1. The number of rotatable bonds is 9. The van der Waals surface area contributed by atoms with Crippen LogP contribution in [0.25, 0.3) is 0 Å². The Hall–Kier alpha value is -1.89. The first-order chi connectivity index (χ1) is 12.6. The van der Waals surface area contributed by atoms with Crippen LogP contribution in [0.15, 0.2) is 40.8 Å². The summed E-state index contributed by atoms with van der Waals surface area (Å²) in [5, 5.41) is 10.4. The molecule has 0 bridgehead atoms. The summed E-state index contributed by atoms with van der Waals surface area (Å²) in [6, 6.07) is 9.68. The molecule has 2 unspecified atom stereocenters. The lowest BCUT2D eigenvalue weighted by molar-refractivity contribution is 0.0289. The fraction of sp³-hybridized carbons (Fsp3) is 0.500. The van der Waals surface area contributed by atoms with E-state index in [0.717, 1.165) is 37.5 Å². The van der Waals surface area contributed by atoms with Gasteiger partial charge in [0.25, 0.3) is 0 Å². The summed E-state index contributed by atoms with van der Waals surface area (Å²) < 4.78 is 29.9. The summed E-state index contributed by atoms with van der Waals surface area (Å²) in [6.45, 7) is 4.66. The Morgan fingerprint density at radius 2 is 2.08 bits per heavy atom. The average Bonchev–Trinajstić information content (AvgIpc) is 3.26. The van der Waals surface area contributed by atoms with Crippen LogP contribution in [0.1, 0.15) is 24.4 Å². The molecule has 6 heteroatoms. The number of benzene rings is 1. The second-order valence-corrected chi connectivity index (χ2v) is 6.76. The van der Waals surface area contributed by atoms with Gasteiger partial charge in [0, 0.05) is 19.7 Å². The lowest BCUT2D eigenvalue weighted by Crippen LogP contribution is -2.39. The maximum Gasteiger partial charge on any atom is 0.123 e. The van der Waals surface area contributed by atoms with Gasteiger partial charge >= 0.3 is 0 Å². The molecule has 0 saturated carbocycles. The summed E-state index contributed by atoms with van der Waals surface area (Å²) in [4.78, 5) is 2.13. The highest BCUT2D eigenvalue weighted by molar-refractivity contribution is 5.22. The monoisotopic (exact) mass is 363 g/mol. The first kappa shape index (κ1) is 18.9. The van der Waals surface area contributed by atoms with E-state index in [2.05, 4.69) is 4.90 Å². The van der Waals surface area contributed by atoms with Gasteiger partial charge in [-0.2, -0.15) is 0 Å². The van der Waals surface area contributed by atoms with Gasteiger partial charge in [-0.15, -0.1) is 0 Å². The molecule has 2 aromatic rings. The number of furan rings is 1. The number of hydrogen-bond donors (Lipinski definition) is 1. The molecule has 0 radical (unpaired) electrons. The predicted octanol–water partition coefficient (Wildman–Crippen LogP) is 3.15. The molecule has 0 amide bonds. The Morgan fingerprint density at radius 3 is 2.73 bits per heavy atom. The van der Waals surface area contributed by atoms with Crippen molar-refractivity contribution in [2.45, 2.75) is 38.5 Å². The molecule has 1 aliphatic heterocycles. The molecular weight excluding hydrogens is 337 g/mol. The van der Waals surface area contributed by atoms with E-state index < -0.39 is 6.10 Å². The summed E-state index contributed by atoms with van der Waals surface area (Å²) in [5.74, 6) is 1.97. The topological polar surface area (TPSA) is 55.1 Å². The van der Waals surface area contributed by atoms with Crippen molar-refractivity contribution in [3.05, 3.63) is 53.7 Å². The van der Waals surface area contributed by atoms with Crippen molar-refractivity contribution in [1.82, 2.24) is 4.90 Å². The van der Waals surface area contributed by atoms with E-state index in [1.165, 1.54) is 12.1 Å². The van der Waals surface area contributed by atoms with Gasteiger partial charge in [-0.1, -0.05) is 0 Å². The van der Waals surface area contributed by atoms with Crippen LogP contribution >= 0.6 is 0 Å². The molecule has 1 aliphatic rings. The maximum absolute atomic E-state index is 12.9. The molecule has 1 aromatic heterocycles. The third-order valence-corrected chi connectivity index (χ3v) is 4.39. The second-order valence-electron chi connectivity index (χ2n) is 6.76. The minimum atomic E-state index is -0.669. The SMILES string of the molecule is Cc1ccc(CN(CC(O)COc2ccc(F)cc2)CC2CCCO2)o1. The van der Waals surface area contributed by atoms with Gasteiger partial charge in [-0.05, 0) is 56.2 Å². The molecule has 142 valence electrons. The van der Waals surface area contributed by atoms with Crippen LogP contribution in [0.2, 0.25) is 0 Å². The Kier molecular flexibility index (Phi) is 6.66. The van der Waals surface area contributed by atoms with E-state index in [1.807, 2.05) is 19.1 Å². The van der Waals surface area contributed by atoms with Crippen LogP contribution in [0.5, 0.6) is 5.75 Å². The highest BCUT2D eigenvalue weighted by Gasteiger charge is 2.22. The van der Waals surface area contributed by atoms with Crippen LogP contribution in [-0.2, 0) is 11.3 Å². The quantitative estimate of drug-likeness (QED) is 0.742. The first-order valence-corrected chi connectivity index (χ1v) is 9.04. The third kappa shape index (κ3) is 5.83. The van der Waals surface area contributed by atoms with E-state index >= 15 is 0 Å². The molecule has 3 rings (SSSR count). The minimum absolute atomic E-state index is 0.144. The Labute approximate surface area is 153 Å². The number of hydrogen-bond acceptors (Lipinski definition) is 5. The molecule has 26 heavy (non-hydrogen) atoms. The second kappa shape index (κ2) is 9.16. The summed E-state index contributed by atoms with van der Waals surface area (Å²) >= 11 is 0. The average molecular weight is 363 g/mol. The Bertz CT molecular complexity index is 667. The Balaban J connectivity index is 1.53. The molecular formula is C20H26FNO4. The van der Waals surface area contributed by atoms with Gasteiger partial charge in [0.1, 0.15) is 35.8 Å². The molecule has 1 N–H and O–H groups in total. The van der Waals surface area contributed by atoms with Crippen molar-refractivity contribution in [1.29, 1.82) is 0 Å². The zero-order chi connectivity index (χ0) is 18.4. The first-order valence-electron chi connectivity index (χ1n) is 9.04. The normalized spacial score (nSPS) is 18.4. The highest BCUT2D eigenvalue weighted by atomic mass is 19.1. The number of aryl methyl sites for hydroxylation is 1. The van der Waals surface area contributed by atoms with Gasteiger partial charge < -0.3 is 19.0 Å². The van der Waals surface area contributed by atoms with E-state index in [-0.39, 0.29) is 18.5 Å². The van der Waals surface area contributed by atoms with Gasteiger partial charge in [0.2, 0.25) is 0 Å². The molecule has 1 fully saturated rings. The van der Waals surface area contributed by atoms with E-state index in [1.54, 1.807) is 12.1 Å². The van der Waals surface area contributed by atoms with Crippen molar-refractivity contribution >= 4 is 0 Å². The van der Waals surface area contributed by atoms with Crippen molar-refractivity contribution in [2.24, 2.45) is 0 Å². The zero-order valence-corrected chi connectivity index (χ0v) is 15.1. The van der Waals surface area contributed by atoms with Gasteiger partial charge in [0.15, 0.2) is 0 Å². The molecule has 0 spiro atoms. The lowest BCUT2D eigenvalue weighted by atomic mass is 10.2. The smallest absolute Gasteiger partial charge is 0.123 e. The fourth-order valence-corrected chi connectivity index (χ4v) is 3.14. The molecule has 0 aliphatic carbocycles. The van der Waals surface area contributed by atoms with Crippen LogP contribution in [-0.4, -0.2) is 48.5 Å². The van der Waals surface area contributed by atoms with Crippen LogP contribution in [0.4, 0.5) is 4.39 Å². The van der Waals surface area contributed by atoms with E-state index in [4.69, 9.17) is 13.9 Å². The predicted molar refractivity (Wildman–Crippen MR) is 95.6 cm³/mol. The zero-order valence-electron chi connectivity index (χ0n) is 15.1. The van der Waals surface area contributed by atoms with Gasteiger partial charge in [-0.25, -0.2) is 4.39 Å². The minimum Gasteiger partial charge on any atom is -0.491 e. The maximum atomic E-state index is 12.9. The van der Waals surface area contributed by atoms with Gasteiger partial charge in [0.05, 0.1) is 12.6 Å². The largest absolute Gasteiger partial charge is 0.491 e. The number of halogens is 1. The van der Waals surface area contributed by atoms with Crippen molar-refractivity contribution in [3.8, 4) is 5.75 Å². The molecule has 1 saturated heterocycles. The molecule has 1 aromatic carbocycles. The molecule has 2 heterocycles. The highest BCUT2D eigenvalue weighted by Crippen LogP contribution is 2.17. The summed E-state index contributed by atoms with van der Waals surface area (Å²) in [5.41, 5.74) is 0. The number of ether oxygens (including phenoxy) is 2. The van der Waals surface area contributed by atoms with Crippen LogP contribution in [0.3, 0.4) is 0 Å². The third-order valence-electron chi connectivity index (χ3n) is 4.39. The Morgan fingerprint density at radius 1 is 1.27 bits per heavy atom. The number of aliphatic hydroxyl groups is 1. The summed E-state index contributed by atoms with van der Waals surface area (Å²) in [7, 11) is 0. The van der Waals surface area contributed by atoms with Gasteiger partial charge in [-0.3, -0.25) is 4.90 Å². The van der Waals surface area contributed by atoms with E-state index in [9.17, 15) is 9.50 Å². The fourth-order valence-electron chi connectivity index (χ4n) is 3.14. The molecule has 2 atom stereocenters. The summed E-state index contributed by atoms with van der Waals surface area (Å²) in [6.07, 6.45) is 1.64. The molecule has 5 nitrogen and oxygen atoms in total. The van der Waals surface area contributed by atoms with Crippen molar-refractivity contribution in [2.75, 3.05) is 26.3 Å². The van der Waals surface area contributed by atoms with Crippen molar-refractivity contribution in [3.63, 3.8) is 0 Å². The standard InChI is InChI=1S/C20H26FNO4/c1-15-4-7-20(26-15)13-22(12-19-3-2-10-24-19)11-17(23)14-25-18-8-5-16(21)6-9-18/h4-9,17,19,23H,2-3,10-14H2,1H3. The van der Waals surface area contributed by atoms with Crippen molar-refractivity contribution < 1.29 is 23.4 Å².